The predicted octanol–water partition coefficient (Wildman–Crippen LogP) is 3.96. The van der Waals surface area contributed by atoms with E-state index in [2.05, 4.69) is 15.9 Å². The lowest BCUT2D eigenvalue weighted by Gasteiger charge is -2.09. The molecule has 2 rings (SSSR count). The highest BCUT2D eigenvalue weighted by Crippen LogP contribution is 2.27. The minimum absolute atomic E-state index is 0.274. The monoisotopic (exact) mass is 363 g/mol. The Labute approximate surface area is 124 Å². The number of amides is 1. The summed E-state index contributed by atoms with van der Waals surface area (Å²) < 4.78 is 53.5. The van der Waals surface area contributed by atoms with E-state index in [4.69, 9.17) is 5.11 Å². The van der Waals surface area contributed by atoms with E-state index in [0.717, 1.165) is 6.07 Å². The molecule has 1 amide bonds. The van der Waals surface area contributed by atoms with E-state index < -0.39 is 40.5 Å². The average Bonchev–Trinajstić information content (AvgIpc) is 2.43. The van der Waals surface area contributed by atoms with Gasteiger partial charge < -0.3 is 10.4 Å². The number of phenolic OH excluding ortho intramolecular Hbond substituents is 1. The van der Waals surface area contributed by atoms with Crippen LogP contribution < -0.4 is 5.32 Å². The van der Waals surface area contributed by atoms with Crippen LogP contribution in [0.5, 0.6) is 5.75 Å². The largest absolute Gasteiger partial charge is 0.503 e. The van der Waals surface area contributed by atoms with Gasteiger partial charge in [0.1, 0.15) is 5.82 Å². The third-order valence-corrected chi connectivity index (χ3v) is 3.05. The van der Waals surface area contributed by atoms with Gasteiger partial charge in [-0.2, -0.15) is 4.39 Å². The molecule has 0 spiro atoms. The fraction of sp³-hybridized carbons (Fsp3) is 0. The number of rotatable bonds is 2. The van der Waals surface area contributed by atoms with Gasteiger partial charge >= 0.3 is 0 Å². The number of phenols is 1. The zero-order valence-electron chi connectivity index (χ0n) is 10.1. The molecule has 0 aromatic heterocycles. The van der Waals surface area contributed by atoms with Crippen molar-refractivity contribution in [2.75, 3.05) is 5.32 Å². The number of hydrogen-bond donors (Lipinski definition) is 2. The molecule has 0 unspecified atom stereocenters. The molecule has 3 nitrogen and oxygen atoms in total. The minimum Gasteiger partial charge on any atom is -0.503 e. The molecule has 0 aliphatic heterocycles. The number of nitrogens with one attached hydrogen (secondary N) is 1. The highest BCUT2D eigenvalue weighted by Gasteiger charge is 2.23. The summed E-state index contributed by atoms with van der Waals surface area (Å²) in [6, 6.07) is 3.93. The summed E-state index contributed by atoms with van der Waals surface area (Å²) in [5.74, 6) is -8.71. The minimum atomic E-state index is -1.81. The molecule has 0 aliphatic carbocycles. The lowest BCUT2D eigenvalue weighted by molar-refractivity contribution is 0.102. The van der Waals surface area contributed by atoms with Gasteiger partial charge in [-0.3, -0.25) is 4.79 Å². The average molecular weight is 364 g/mol. The van der Waals surface area contributed by atoms with Crippen molar-refractivity contribution in [1.82, 2.24) is 0 Å². The fourth-order valence-electron chi connectivity index (χ4n) is 1.54. The number of hydrogen-bond acceptors (Lipinski definition) is 2. The highest BCUT2D eigenvalue weighted by molar-refractivity contribution is 9.10. The Kier molecular flexibility index (Phi) is 4.17. The summed E-state index contributed by atoms with van der Waals surface area (Å²) >= 11 is 3.01. The maximum Gasteiger partial charge on any atom is 0.258 e. The van der Waals surface area contributed by atoms with Crippen molar-refractivity contribution in [3.63, 3.8) is 0 Å². The van der Waals surface area contributed by atoms with E-state index in [9.17, 15) is 22.4 Å². The lowest BCUT2D eigenvalue weighted by Crippen LogP contribution is -2.15. The van der Waals surface area contributed by atoms with Crippen LogP contribution in [0.4, 0.5) is 23.2 Å². The molecule has 0 atom stereocenters. The maximum atomic E-state index is 13.5. The molecule has 0 aliphatic rings. The first kappa shape index (κ1) is 15.3. The van der Waals surface area contributed by atoms with Crippen LogP contribution >= 0.6 is 15.9 Å². The van der Waals surface area contributed by atoms with Crippen LogP contribution in [-0.2, 0) is 0 Å². The predicted molar refractivity (Wildman–Crippen MR) is 70.0 cm³/mol. The molecule has 2 N–H and O–H groups in total. The first-order valence-electron chi connectivity index (χ1n) is 5.44. The van der Waals surface area contributed by atoms with E-state index in [1.807, 2.05) is 5.32 Å². The van der Waals surface area contributed by atoms with Crippen molar-refractivity contribution in [2.24, 2.45) is 0 Å². The van der Waals surface area contributed by atoms with Gasteiger partial charge in [-0.15, -0.1) is 0 Å². The molecular weight excluding hydrogens is 358 g/mol. The molecule has 2 aromatic carbocycles. The fourth-order valence-corrected chi connectivity index (χ4v) is 1.87. The van der Waals surface area contributed by atoms with Crippen molar-refractivity contribution >= 4 is 27.5 Å². The molecule has 0 fully saturated rings. The number of benzene rings is 2. The normalized spacial score (nSPS) is 10.5. The third-order valence-electron chi connectivity index (χ3n) is 2.56. The first-order valence-corrected chi connectivity index (χ1v) is 6.23. The van der Waals surface area contributed by atoms with E-state index in [1.165, 1.54) is 12.1 Å². The lowest BCUT2D eigenvalue weighted by atomic mass is 10.1. The molecule has 21 heavy (non-hydrogen) atoms. The number of halogens is 5. The van der Waals surface area contributed by atoms with Crippen LogP contribution in [0.2, 0.25) is 0 Å². The van der Waals surface area contributed by atoms with Crippen LogP contribution in [0.1, 0.15) is 10.4 Å². The second-order valence-electron chi connectivity index (χ2n) is 3.96. The molecule has 8 heteroatoms. The first-order chi connectivity index (χ1) is 9.81. The van der Waals surface area contributed by atoms with Crippen LogP contribution in [0, 0.1) is 23.3 Å². The Morgan fingerprint density at radius 3 is 2.33 bits per heavy atom. The van der Waals surface area contributed by atoms with Gasteiger partial charge in [-0.25, -0.2) is 13.2 Å². The number of aromatic hydroxyl groups is 1. The quantitative estimate of drug-likeness (QED) is 0.626. The molecule has 0 saturated heterocycles. The Bertz CT molecular complexity index is 737. The second kappa shape index (κ2) is 5.72. The maximum absolute atomic E-state index is 13.5. The molecular formula is C13H6BrF4NO2. The Balaban J connectivity index is 2.37. The number of carbonyl (C=O) groups excluding carboxylic acids is 1. The molecule has 110 valence electrons. The number of anilines is 1. The van der Waals surface area contributed by atoms with E-state index in [0.29, 0.717) is 4.47 Å². The number of carbonyl (C=O) groups is 1. The van der Waals surface area contributed by atoms with Crippen molar-refractivity contribution in [3.05, 3.63) is 57.6 Å². The van der Waals surface area contributed by atoms with Gasteiger partial charge in [-0.1, -0.05) is 15.9 Å². The Morgan fingerprint density at radius 1 is 1.05 bits per heavy atom. The smallest absolute Gasteiger partial charge is 0.258 e. The van der Waals surface area contributed by atoms with Crippen molar-refractivity contribution < 1.29 is 27.5 Å². The standard InChI is InChI=1S/C13H6BrF4NO2/c14-5-1-2-9(7(15)3-5)19-13(21)6-4-8(16)11(18)12(20)10(6)17/h1-4,20H,(H,19,21). The summed E-state index contributed by atoms with van der Waals surface area (Å²) in [5.41, 5.74) is -1.24. The zero-order valence-corrected chi connectivity index (χ0v) is 11.6. The van der Waals surface area contributed by atoms with Crippen LogP contribution in [-0.4, -0.2) is 11.0 Å². The van der Waals surface area contributed by atoms with Crippen molar-refractivity contribution in [3.8, 4) is 5.75 Å². The summed E-state index contributed by atoms with van der Waals surface area (Å²) in [4.78, 5) is 11.8. The van der Waals surface area contributed by atoms with Crippen LogP contribution in [0.15, 0.2) is 28.7 Å². The Morgan fingerprint density at radius 2 is 1.71 bits per heavy atom. The topological polar surface area (TPSA) is 49.3 Å². The molecule has 0 radical (unpaired) electrons. The van der Waals surface area contributed by atoms with Gasteiger partial charge in [0, 0.05) is 4.47 Å². The second-order valence-corrected chi connectivity index (χ2v) is 4.88. The molecule has 2 aromatic rings. The summed E-state index contributed by atoms with van der Waals surface area (Å²) in [6.07, 6.45) is 0. The third kappa shape index (κ3) is 2.99. The van der Waals surface area contributed by atoms with Crippen molar-refractivity contribution in [2.45, 2.75) is 0 Å². The van der Waals surface area contributed by atoms with Gasteiger partial charge in [0.25, 0.3) is 5.91 Å². The van der Waals surface area contributed by atoms with Crippen molar-refractivity contribution in [1.29, 1.82) is 0 Å². The molecule has 0 heterocycles. The summed E-state index contributed by atoms with van der Waals surface area (Å²) in [5, 5.41) is 11.0. The molecule has 0 bridgehead atoms. The van der Waals surface area contributed by atoms with Gasteiger partial charge in [0.15, 0.2) is 17.4 Å². The van der Waals surface area contributed by atoms with Gasteiger partial charge in [0.05, 0.1) is 11.3 Å². The van der Waals surface area contributed by atoms with Gasteiger partial charge in [0.2, 0.25) is 5.82 Å². The summed E-state index contributed by atoms with van der Waals surface area (Å²) in [6.45, 7) is 0. The van der Waals surface area contributed by atoms with Gasteiger partial charge in [-0.05, 0) is 24.3 Å². The zero-order chi connectivity index (χ0) is 15.7. The summed E-state index contributed by atoms with van der Waals surface area (Å²) in [7, 11) is 0. The van der Waals surface area contributed by atoms with E-state index in [1.54, 1.807) is 0 Å². The van der Waals surface area contributed by atoms with E-state index in [-0.39, 0.29) is 11.8 Å². The molecule has 0 saturated carbocycles. The van der Waals surface area contributed by atoms with Crippen LogP contribution in [0.3, 0.4) is 0 Å². The SMILES string of the molecule is O=C(Nc1ccc(Br)cc1F)c1cc(F)c(F)c(O)c1F. The van der Waals surface area contributed by atoms with E-state index >= 15 is 0 Å². The Hall–Kier alpha value is -2.09. The van der Waals surface area contributed by atoms with Crippen LogP contribution in [0.25, 0.3) is 0 Å². The highest BCUT2D eigenvalue weighted by atomic mass is 79.9.